The van der Waals surface area contributed by atoms with E-state index in [1.807, 2.05) is 0 Å². The lowest BCUT2D eigenvalue weighted by Gasteiger charge is -2.02. The fraction of sp³-hybridized carbons (Fsp3) is 0. The highest BCUT2D eigenvalue weighted by Crippen LogP contribution is 2.24. The van der Waals surface area contributed by atoms with Gasteiger partial charge in [0.15, 0.2) is 0 Å². The number of benzene rings is 1. The van der Waals surface area contributed by atoms with Gasteiger partial charge in [-0.25, -0.2) is 9.18 Å². The summed E-state index contributed by atoms with van der Waals surface area (Å²) in [4.78, 5) is 14.8. The molecule has 0 saturated carbocycles. The first kappa shape index (κ1) is 10.0. The fourth-order valence-corrected chi connectivity index (χ4v) is 1.67. The van der Waals surface area contributed by atoms with E-state index in [1.54, 1.807) is 0 Å². The zero-order valence-corrected chi connectivity index (χ0v) is 8.95. The largest absolute Gasteiger partial charge is 0.478 e. The van der Waals surface area contributed by atoms with Crippen molar-refractivity contribution in [1.82, 2.24) is 4.98 Å². The van der Waals surface area contributed by atoms with Gasteiger partial charge in [-0.2, -0.15) is 0 Å². The molecule has 2 aromatic rings. The quantitative estimate of drug-likeness (QED) is 0.866. The molecular formula is C10H5BrFNO2. The molecule has 0 saturated heterocycles. The monoisotopic (exact) mass is 269 g/mol. The van der Waals surface area contributed by atoms with E-state index in [2.05, 4.69) is 20.9 Å². The highest BCUT2D eigenvalue weighted by atomic mass is 79.9. The molecule has 3 nitrogen and oxygen atoms in total. The van der Waals surface area contributed by atoms with Gasteiger partial charge in [-0.3, -0.25) is 4.98 Å². The van der Waals surface area contributed by atoms with E-state index in [0.717, 1.165) is 0 Å². The van der Waals surface area contributed by atoms with Gasteiger partial charge < -0.3 is 5.11 Å². The summed E-state index contributed by atoms with van der Waals surface area (Å²) in [5.41, 5.74) is 0.441. The number of pyridine rings is 1. The lowest BCUT2D eigenvalue weighted by Crippen LogP contribution is -1.98. The summed E-state index contributed by atoms with van der Waals surface area (Å²) in [5.74, 6) is -1.52. The van der Waals surface area contributed by atoms with E-state index in [0.29, 0.717) is 10.9 Å². The second kappa shape index (κ2) is 3.58. The summed E-state index contributed by atoms with van der Waals surface area (Å²) >= 11 is 3.00. The molecule has 0 aliphatic rings. The van der Waals surface area contributed by atoms with Crippen LogP contribution in [0.1, 0.15) is 10.4 Å². The Labute approximate surface area is 92.7 Å². The van der Waals surface area contributed by atoms with Crippen LogP contribution in [0, 0.1) is 5.82 Å². The number of rotatable bonds is 1. The van der Waals surface area contributed by atoms with Gasteiger partial charge >= 0.3 is 5.97 Å². The standard InChI is InChI=1S/C10H5BrFNO2/c11-7-3-6-5(10(14)15)1-2-13-9(6)4-8(7)12/h1-4H,(H,14,15). The highest BCUT2D eigenvalue weighted by molar-refractivity contribution is 9.10. The Morgan fingerprint density at radius 2 is 2.20 bits per heavy atom. The summed E-state index contributed by atoms with van der Waals surface area (Å²) in [5, 5.41) is 9.32. The van der Waals surface area contributed by atoms with Crippen LogP contribution in [0.4, 0.5) is 4.39 Å². The van der Waals surface area contributed by atoms with Gasteiger partial charge in [0.1, 0.15) is 5.82 Å². The molecule has 1 aromatic heterocycles. The van der Waals surface area contributed by atoms with Crippen LogP contribution in [0.2, 0.25) is 0 Å². The van der Waals surface area contributed by atoms with Crippen LogP contribution in [-0.4, -0.2) is 16.1 Å². The van der Waals surface area contributed by atoms with Gasteiger partial charge in [0, 0.05) is 17.6 Å². The van der Waals surface area contributed by atoms with Gasteiger partial charge in [0.2, 0.25) is 0 Å². The summed E-state index contributed by atoms with van der Waals surface area (Å²) in [6.45, 7) is 0. The van der Waals surface area contributed by atoms with E-state index < -0.39 is 11.8 Å². The zero-order valence-electron chi connectivity index (χ0n) is 7.37. The van der Waals surface area contributed by atoms with E-state index in [4.69, 9.17) is 5.11 Å². The highest BCUT2D eigenvalue weighted by Gasteiger charge is 2.11. The third-order valence-electron chi connectivity index (χ3n) is 2.01. The molecule has 1 heterocycles. The normalized spacial score (nSPS) is 10.5. The molecule has 1 aromatic carbocycles. The topological polar surface area (TPSA) is 50.2 Å². The lowest BCUT2D eigenvalue weighted by atomic mass is 10.1. The molecule has 0 fully saturated rings. The van der Waals surface area contributed by atoms with Crippen molar-refractivity contribution in [2.75, 3.05) is 0 Å². The first-order valence-electron chi connectivity index (χ1n) is 4.06. The lowest BCUT2D eigenvalue weighted by molar-refractivity contribution is 0.0699. The van der Waals surface area contributed by atoms with Crippen LogP contribution in [0.3, 0.4) is 0 Å². The summed E-state index contributed by atoms with van der Waals surface area (Å²) in [6.07, 6.45) is 1.35. The van der Waals surface area contributed by atoms with Crippen LogP contribution in [0.25, 0.3) is 10.9 Å². The average molecular weight is 270 g/mol. The molecule has 15 heavy (non-hydrogen) atoms. The molecule has 2 rings (SSSR count). The maximum Gasteiger partial charge on any atom is 0.336 e. The number of carboxylic acids is 1. The minimum Gasteiger partial charge on any atom is -0.478 e. The zero-order chi connectivity index (χ0) is 11.0. The molecule has 0 amide bonds. The van der Waals surface area contributed by atoms with Crippen LogP contribution < -0.4 is 0 Å². The van der Waals surface area contributed by atoms with Crippen LogP contribution in [0.5, 0.6) is 0 Å². The maximum absolute atomic E-state index is 13.1. The molecule has 0 atom stereocenters. The van der Waals surface area contributed by atoms with E-state index in [9.17, 15) is 9.18 Å². The van der Waals surface area contributed by atoms with E-state index in [-0.39, 0.29) is 10.0 Å². The summed E-state index contributed by atoms with van der Waals surface area (Å²) in [7, 11) is 0. The third kappa shape index (κ3) is 1.70. The maximum atomic E-state index is 13.1. The van der Waals surface area contributed by atoms with Crippen molar-refractivity contribution in [2.45, 2.75) is 0 Å². The van der Waals surface area contributed by atoms with E-state index >= 15 is 0 Å². The van der Waals surface area contributed by atoms with E-state index in [1.165, 1.54) is 24.4 Å². The predicted molar refractivity (Wildman–Crippen MR) is 56.4 cm³/mol. The van der Waals surface area contributed by atoms with Crippen molar-refractivity contribution in [3.05, 3.63) is 40.2 Å². The predicted octanol–water partition coefficient (Wildman–Crippen LogP) is 2.83. The van der Waals surface area contributed by atoms with Crippen molar-refractivity contribution in [2.24, 2.45) is 0 Å². The Balaban J connectivity index is 2.86. The van der Waals surface area contributed by atoms with Gasteiger partial charge in [-0.05, 0) is 28.1 Å². The molecule has 0 radical (unpaired) electrons. The van der Waals surface area contributed by atoms with Crippen molar-refractivity contribution >= 4 is 32.8 Å². The molecule has 0 aliphatic heterocycles. The number of halogens is 2. The smallest absolute Gasteiger partial charge is 0.336 e. The van der Waals surface area contributed by atoms with Crippen LogP contribution in [-0.2, 0) is 0 Å². The minimum absolute atomic E-state index is 0.112. The Kier molecular flexibility index (Phi) is 2.40. The fourth-order valence-electron chi connectivity index (χ4n) is 1.33. The average Bonchev–Trinajstić information content (AvgIpc) is 2.18. The van der Waals surface area contributed by atoms with Gasteiger partial charge in [-0.15, -0.1) is 0 Å². The first-order chi connectivity index (χ1) is 7.09. The Morgan fingerprint density at radius 3 is 2.87 bits per heavy atom. The molecule has 0 unspecified atom stereocenters. The van der Waals surface area contributed by atoms with Gasteiger partial charge in [-0.1, -0.05) is 0 Å². The summed E-state index contributed by atoms with van der Waals surface area (Å²) < 4.78 is 13.4. The van der Waals surface area contributed by atoms with Crippen molar-refractivity contribution in [3.63, 3.8) is 0 Å². The Morgan fingerprint density at radius 1 is 1.47 bits per heavy atom. The van der Waals surface area contributed by atoms with Crippen molar-refractivity contribution < 1.29 is 14.3 Å². The molecule has 1 N–H and O–H groups in total. The molecule has 0 aliphatic carbocycles. The number of aromatic carboxylic acids is 1. The molecule has 5 heteroatoms. The number of carboxylic acid groups (broad SMARTS) is 1. The number of nitrogens with zero attached hydrogens (tertiary/aromatic N) is 1. The SMILES string of the molecule is O=C(O)c1ccnc2cc(F)c(Br)cc12. The van der Waals surface area contributed by atoms with Gasteiger partial charge in [0.05, 0.1) is 15.6 Å². The summed E-state index contributed by atoms with van der Waals surface area (Å²) in [6, 6.07) is 4.00. The second-order valence-electron chi connectivity index (χ2n) is 2.95. The Bertz CT molecular complexity index is 556. The number of carbonyl (C=O) groups is 1. The molecule has 0 bridgehead atoms. The number of hydrogen-bond acceptors (Lipinski definition) is 2. The van der Waals surface area contributed by atoms with Crippen LogP contribution >= 0.6 is 15.9 Å². The number of hydrogen-bond donors (Lipinski definition) is 1. The van der Waals surface area contributed by atoms with Crippen LogP contribution in [0.15, 0.2) is 28.9 Å². The molecule has 0 spiro atoms. The minimum atomic E-state index is -1.05. The van der Waals surface area contributed by atoms with Gasteiger partial charge in [0.25, 0.3) is 0 Å². The third-order valence-corrected chi connectivity index (χ3v) is 2.62. The second-order valence-corrected chi connectivity index (χ2v) is 3.80. The number of fused-ring (bicyclic) bond motifs is 1. The van der Waals surface area contributed by atoms with Crippen molar-refractivity contribution in [1.29, 1.82) is 0 Å². The molecular weight excluding hydrogens is 265 g/mol. The molecule has 76 valence electrons. The Hall–Kier alpha value is -1.49. The number of aromatic nitrogens is 1. The first-order valence-corrected chi connectivity index (χ1v) is 4.86. The van der Waals surface area contributed by atoms with Crippen molar-refractivity contribution in [3.8, 4) is 0 Å².